The Labute approximate surface area is 122 Å². The number of benzene rings is 1. The molecule has 1 amide bonds. The Hall–Kier alpha value is -2.08. The van der Waals surface area contributed by atoms with Crippen molar-refractivity contribution in [3.63, 3.8) is 0 Å². The molecule has 3 nitrogen and oxygen atoms in total. The molecule has 1 heterocycles. The molecule has 1 aromatic carbocycles. The van der Waals surface area contributed by atoms with Gasteiger partial charge in [0.25, 0.3) is 0 Å². The van der Waals surface area contributed by atoms with Crippen LogP contribution in [-0.4, -0.2) is 10.9 Å². The second kappa shape index (κ2) is 6.38. The van der Waals surface area contributed by atoms with Gasteiger partial charge < -0.3 is 5.32 Å². The van der Waals surface area contributed by atoms with E-state index in [1.165, 1.54) is 30.4 Å². The standard InChI is InChI=1S/C14H9BrF2N2O/c15-12-7-11(17)8-18-14(12)19-13(20)5-4-9-2-1-3-10(16)6-9/h1-8H,(H,18,19,20)/b5-4+. The number of amides is 1. The fourth-order valence-electron chi connectivity index (χ4n) is 1.45. The van der Waals surface area contributed by atoms with Crippen LogP contribution in [0.5, 0.6) is 0 Å². The van der Waals surface area contributed by atoms with E-state index < -0.39 is 11.7 Å². The van der Waals surface area contributed by atoms with Gasteiger partial charge in [0.05, 0.1) is 10.7 Å². The molecule has 2 rings (SSSR count). The zero-order chi connectivity index (χ0) is 14.5. The predicted octanol–water partition coefficient (Wildman–Crippen LogP) is 3.77. The summed E-state index contributed by atoms with van der Waals surface area (Å²) in [6.07, 6.45) is 3.71. The lowest BCUT2D eigenvalue weighted by Gasteiger charge is -2.03. The van der Waals surface area contributed by atoms with Crippen LogP contribution in [0.25, 0.3) is 6.08 Å². The van der Waals surface area contributed by atoms with Crippen LogP contribution in [0, 0.1) is 11.6 Å². The molecule has 0 radical (unpaired) electrons. The highest BCUT2D eigenvalue weighted by molar-refractivity contribution is 9.10. The maximum atomic E-state index is 12.9. The Bertz CT molecular complexity index is 674. The molecule has 0 unspecified atom stereocenters. The second-order valence-corrected chi connectivity index (χ2v) is 4.72. The van der Waals surface area contributed by atoms with Crippen LogP contribution in [0.4, 0.5) is 14.6 Å². The minimum atomic E-state index is -0.509. The largest absolute Gasteiger partial charge is 0.306 e. The molecule has 0 saturated heterocycles. The molecule has 0 bridgehead atoms. The first-order chi connectivity index (χ1) is 9.54. The molecule has 20 heavy (non-hydrogen) atoms. The number of carbonyl (C=O) groups excluding carboxylic acids is 1. The number of rotatable bonds is 3. The van der Waals surface area contributed by atoms with E-state index >= 15 is 0 Å². The lowest BCUT2D eigenvalue weighted by molar-refractivity contribution is -0.111. The molecular formula is C14H9BrF2N2O. The fraction of sp³-hybridized carbons (Fsp3) is 0. The Kier molecular flexibility index (Phi) is 4.57. The summed E-state index contributed by atoms with van der Waals surface area (Å²) in [4.78, 5) is 15.4. The van der Waals surface area contributed by atoms with Crippen molar-refractivity contribution < 1.29 is 13.6 Å². The van der Waals surface area contributed by atoms with Gasteiger partial charge in [-0.3, -0.25) is 4.79 Å². The predicted molar refractivity (Wildman–Crippen MR) is 76.0 cm³/mol. The van der Waals surface area contributed by atoms with Crippen LogP contribution in [0.1, 0.15) is 5.56 Å². The minimum Gasteiger partial charge on any atom is -0.306 e. The van der Waals surface area contributed by atoms with Gasteiger partial charge in [0.2, 0.25) is 5.91 Å². The number of carbonyl (C=O) groups is 1. The quantitative estimate of drug-likeness (QED) is 0.865. The summed E-state index contributed by atoms with van der Waals surface area (Å²) in [5.74, 6) is -1.13. The lowest BCUT2D eigenvalue weighted by Crippen LogP contribution is -2.09. The van der Waals surface area contributed by atoms with Crippen molar-refractivity contribution in [2.24, 2.45) is 0 Å². The van der Waals surface area contributed by atoms with Gasteiger partial charge in [-0.2, -0.15) is 0 Å². The van der Waals surface area contributed by atoms with Crippen molar-refractivity contribution in [2.45, 2.75) is 0 Å². The molecule has 0 spiro atoms. The average molecular weight is 339 g/mol. The Morgan fingerprint density at radius 1 is 1.25 bits per heavy atom. The number of anilines is 1. The fourth-order valence-corrected chi connectivity index (χ4v) is 1.87. The van der Waals surface area contributed by atoms with Crippen LogP contribution in [0.3, 0.4) is 0 Å². The zero-order valence-corrected chi connectivity index (χ0v) is 11.7. The molecule has 0 aliphatic rings. The van der Waals surface area contributed by atoms with Crippen molar-refractivity contribution in [1.29, 1.82) is 0 Å². The highest BCUT2D eigenvalue weighted by Gasteiger charge is 2.05. The first kappa shape index (κ1) is 14.3. The number of pyridine rings is 1. The first-order valence-electron chi connectivity index (χ1n) is 5.60. The van der Waals surface area contributed by atoms with Gasteiger partial charge in [-0.25, -0.2) is 13.8 Å². The minimum absolute atomic E-state index is 0.209. The lowest BCUT2D eigenvalue weighted by atomic mass is 10.2. The van der Waals surface area contributed by atoms with Crippen LogP contribution < -0.4 is 5.32 Å². The normalized spacial score (nSPS) is 10.8. The van der Waals surface area contributed by atoms with E-state index in [2.05, 4.69) is 26.2 Å². The average Bonchev–Trinajstić information content (AvgIpc) is 2.40. The summed E-state index contributed by atoms with van der Waals surface area (Å²) in [7, 11) is 0. The third kappa shape index (κ3) is 3.96. The van der Waals surface area contributed by atoms with Crippen molar-refractivity contribution in [3.8, 4) is 0 Å². The molecule has 0 aliphatic carbocycles. The van der Waals surface area contributed by atoms with Gasteiger partial charge in [-0.05, 0) is 45.8 Å². The van der Waals surface area contributed by atoms with Gasteiger partial charge >= 0.3 is 0 Å². The summed E-state index contributed by atoms with van der Waals surface area (Å²) in [5.41, 5.74) is 0.561. The molecule has 0 fully saturated rings. The second-order valence-electron chi connectivity index (χ2n) is 3.86. The van der Waals surface area contributed by atoms with E-state index in [4.69, 9.17) is 0 Å². The van der Waals surface area contributed by atoms with E-state index in [0.717, 1.165) is 6.20 Å². The maximum Gasteiger partial charge on any atom is 0.249 e. The Morgan fingerprint density at radius 2 is 2.05 bits per heavy atom. The van der Waals surface area contributed by atoms with Crippen molar-refractivity contribution >= 4 is 33.7 Å². The van der Waals surface area contributed by atoms with Gasteiger partial charge in [0.1, 0.15) is 17.5 Å². The molecule has 6 heteroatoms. The molecule has 0 saturated carbocycles. The van der Waals surface area contributed by atoms with E-state index in [1.54, 1.807) is 12.1 Å². The summed E-state index contributed by atoms with van der Waals surface area (Å²) >= 11 is 3.09. The SMILES string of the molecule is O=C(/C=C/c1cccc(F)c1)Nc1ncc(F)cc1Br. The van der Waals surface area contributed by atoms with Crippen LogP contribution in [0.15, 0.2) is 47.1 Å². The third-order valence-electron chi connectivity index (χ3n) is 2.33. The number of hydrogen-bond donors (Lipinski definition) is 1. The van der Waals surface area contributed by atoms with E-state index in [1.807, 2.05) is 0 Å². The molecule has 0 atom stereocenters. The smallest absolute Gasteiger partial charge is 0.249 e. The van der Waals surface area contributed by atoms with Gasteiger partial charge in [0, 0.05) is 6.08 Å². The van der Waals surface area contributed by atoms with Crippen LogP contribution >= 0.6 is 15.9 Å². The van der Waals surface area contributed by atoms with Gasteiger partial charge in [-0.15, -0.1) is 0 Å². The summed E-state index contributed by atoms with van der Waals surface area (Å²) in [6, 6.07) is 7.02. The number of nitrogens with one attached hydrogen (secondary N) is 1. The Balaban J connectivity index is 2.05. The zero-order valence-electron chi connectivity index (χ0n) is 10.1. The molecule has 0 aliphatic heterocycles. The highest BCUT2D eigenvalue weighted by atomic mass is 79.9. The highest BCUT2D eigenvalue weighted by Crippen LogP contribution is 2.20. The summed E-state index contributed by atoms with van der Waals surface area (Å²) < 4.78 is 26.1. The monoisotopic (exact) mass is 338 g/mol. The molecule has 1 N–H and O–H groups in total. The van der Waals surface area contributed by atoms with E-state index in [9.17, 15) is 13.6 Å². The Morgan fingerprint density at radius 3 is 2.75 bits per heavy atom. The van der Waals surface area contributed by atoms with Crippen molar-refractivity contribution in [2.75, 3.05) is 5.32 Å². The van der Waals surface area contributed by atoms with Crippen molar-refractivity contribution in [1.82, 2.24) is 4.98 Å². The molecular weight excluding hydrogens is 330 g/mol. The van der Waals surface area contributed by atoms with Crippen LogP contribution in [-0.2, 0) is 4.79 Å². The molecule has 1 aromatic heterocycles. The molecule has 102 valence electrons. The van der Waals surface area contributed by atoms with Gasteiger partial charge in [-0.1, -0.05) is 12.1 Å². The van der Waals surface area contributed by atoms with Crippen LogP contribution in [0.2, 0.25) is 0 Å². The van der Waals surface area contributed by atoms with E-state index in [-0.39, 0.29) is 11.6 Å². The van der Waals surface area contributed by atoms with E-state index in [0.29, 0.717) is 10.0 Å². The number of hydrogen-bond acceptors (Lipinski definition) is 2. The number of aromatic nitrogens is 1. The number of halogens is 3. The third-order valence-corrected chi connectivity index (χ3v) is 2.93. The van der Waals surface area contributed by atoms with Crippen molar-refractivity contribution in [3.05, 3.63) is 64.3 Å². The first-order valence-corrected chi connectivity index (χ1v) is 6.39. The summed E-state index contributed by atoms with van der Waals surface area (Å²) in [6.45, 7) is 0. The molecule has 2 aromatic rings. The summed E-state index contributed by atoms with van der Waals surface area (Å²) in [5, 5.41) is 2.48. The maximum absolute atomic E-state index is 12.9. The van der Waals surface area contributed by atoms with Gasteiger partial charge in [0.15, 0.2) is 0 Å². The number of nitrogens with zero attached hydrogens (tertiary/aromatic N) is 1. The topological polar surface area (TPSA) is 42.0 Å².